The Morgan fingerprint density at radius 2 is 1.95 bits per heavy atom. The summed E-state index contributed by atoms with van der Waals surface area (Å²) in [4.78, 5) is 30.6. The number of alkyl carbamates (subject to hydrolysis) is 1. The zero-order chi connectivity index (χ0) is 15.9. The minimum atomic E-state index is -0.557. The number of rotatable bonds is 5. The molecule has 116 valence electrons. The van der Waals surface area contributed by atoms with Gasteiger partial charge in [-0.1, -0.05) is 0 Å². The van der Waals surface area contributed by atoms with Gasteiger partial charge in [-0.05, 0) is 20.8 Å². The molecule has 0 aliphatic carbocycles. The molecule has 0 atom stereocenters. The van der Waals surface area contributed by atoms with Crippen LogP contribution < -0.4 is 10.6 Å². The summed E-state index contributed by atoms with van der Waals surface area (Å²) in [6, 6.07) is 0. The van der Waals surface area contributed by atoms with Crippen LogP contribution in [0.15, 0.2) is 12.4 Å². The molecule has 0 aliphatic rings. The molecule has 1 aromatic heterocycles. The summed E-state index contributed by atoms with van der Waals surface area (Å²) in [6.07, 6.45) is 2.30. The average Bonchev–Trinajstić information content (AvgIpc) is 2.41. The van der Waals surface area contributed by atoms with Gasteiger partial charge in [0.05, 0.1) is 19.5 Å². The number of methoxy groups -OCH3 is 1. The first-order valence-corrected chi connectivity index (χ1v) is 6.43. The minimum absolute atomic E-state index is 0.114. The number of nitrogens with zero attached hydrogens (tertiary/aromatic N) is 2. The lowest BCUT2D eigenvalue weighted by Gasteiger charge is -2.19. The molecule has 0 bridgehead atoms. The lowest BCUT2D eigenvalue weighted by atomic mass is 10.2. The van der Waals surface area contributed by atoms with Gasteiger partial charge in [0, 0.05) is 13.1 Å². The van der Waals surface area contributed by atoms with Gasteiger partial charge in [0.25, 0.3) is 0 Å². The van der Waals surface area contributed by atoms with Crippen molar-refractivity contribution >= 4 is 17.9 Å². The second-order valence-corrected chi connectivity index (χ2v) is 5.14. The third kappa shape index (κ3) is 6.55. The van der Waals surface area contributed by atoms with E-state index in [0.29, 0.717) is 18.9 Å². The van der Waals surface area contributed by atoms with Crippen molar-refractivity contribution in [3.05, 3.63) is 18.1 Å². The van der Waals surface area contributed by atoms with Crippen LogP contribution in [-0.4, -0.2) is 47.8 Å². The average molecular weight is 296 g/mol. The Bertz CT molecular complexity index is 499. The second-order valence-electron chi connectivity index (χ2n) is 5.14. The first-order chi connectivity index (χ1) is 9.81. The molecule has 0 saturated heterocycles. The molecule has 1 heterocycles. The van der Waals surface area contributed by atoms with Crippen LogP contribution in [0.5, 0.6) is 0 Å². The summed E-state index contributed by atoms with van der Waals surface area (Å²) in [5.74, 6) is -0.137. The second kappa shape index (κ2) is 7.41. The summed E-state index contributed by atoms with van der Waals surface area (Å²) in [5, 5.41) is 5.53. The molecule has 21 heavy (non-hydrogen) atoms. The summed E-state index contributed by atoms with van der Waals surface area (Å²) in [5.41, 5.74) is -0.416. The van der Waals surface area contributed by atoms with Crippen LogP contribution in [0, 0.1) is 0 Å². The fraction of sp³-hybridized carbons (Fsp3) is 0.538. The van der Waals surface area contributed by atoms with Crippen LogP contribution in [0.25, 0.3) is 0 Å². The van der Waals surface area contributed by atoms with Crippen LogP contribution in [0.3, 0.4) is 0 Å². The fourth-order valence-electron chi connectivity index (χ4n) is 1.32. The van der Waals surface area contributed by atoms with Crippen molar-refractivity contribution in [2.75, 3.05) is 25.5 Å². The maximum absolute atomic E-state index is 11.4. The predicted molar refractivity (Wildman–Crippen MR) is 76.1 cm³/mol. The first-order valence-electron chi connectivity index (χ1n) is 6.43. The Morgan fingerprint density at radius 1 is 1.24 bits per heavy atom. The molecule has 8 heteroatoms. The van der Waals surface area contributed by atoms with E-state index in [9.17, 15) is 9.59 Å². The van der Waals surface area contributed by atoms with Crippen LogP contribution in [0.2, 0.25) is 0 Å². The van der Waals surface area contributed by atoms with Crippen LogP contribution in [0.4, 0.5) is 10.6 Å². The van der Waals surface area contributed by atoms with Crippen molar-refractivity contribution in [1.82, 2.24) is 15.3 Å². The number of anilines is 1. The van der Waals surface area contributed by atoms with Crippen LogP contribution >= 0.6 is 0 Å². The highest BCUT2D eigenvalue weighted by Crippen LogP contribution is 2.06. The third-order valence-corrected chi connectivity index (χ3v) is 2.13. The Labute approximate surface area is 123 Å². The quantitative estimate of drug-likeness (QED) is 0.621. The molecular weight excluding hydrogens is 276 g/mol. The predicted octanol–water partition coefficient (Wildman–Crippen LogP) is 1.20. The van der Waals surface area contributed by atoms with Gasteiger partial charge in [-0.3, -0.25) is 4.98 Å². The number of aromatic nitrogens is 2. The zero-order valence-corrected chi connectivity index (χ0v) is 12.6. The Balaban J connectivity index is 2.36. The molecular formula is C13H20N4O4. The van der Waals surface area contributed by atoms with Gasteiger partial charge in [0.15, 0.2) is 5.69 Å². The molecule has 1 rings (SSSR count). The van der Waals surface area contributed by atoms with E-state index in [-0.39, 0.29) is 5.69 Å². The number of carbonyl (C=O) groups excluding carboxylic acids is 2. The molecule has 0 fully saturated rings. The minimum Gasteiger partial charge on any atom is -0.464 e. The number of ether oxygens (including phenoxy) is 2. The van der Waals surface area contributed by atoms with Gasteiger partial charge in [0.1, 0.15) is 11.4 Å². The standard InChI is InChI=1S/C13H20N4O4/c1-13(2,3)21-12(19)16-6-5-15-10-8-14-7-9(17-10)11(18)20-4/h7-8H,5-6H2,1-4H3,(H,15,17)(H,16,19). The summed E-state index contributed by atoms with van der Waals surface area (Å²) in [7, 11) is 1.27. The smallest absolute Gasteiger partial charge is 0.407 e. The number of nitrogens with one attached hydrogen (secondary N) is 2. The maximum Gasteiger partial charge on any atom is 0.407 e. The molecule has 0 radical (unpaired) electrons. The molecule has 1 aromatic rings. The summed E-state index contributed by atoms with van der Waals surface area (Å²) < 4.78 is 9.64. The van der Waals surface area contributed by atoms with E-state index < -0.39 is 17.7 Å². The topological polar surface area (TPSA) is 102 Å². The van der Waals surface area contributed by atoms with Gasteiger partial charge < -0.3 is 20.1 Å². The monoisotopic (exact) mass is 296 g/mol. The normalized spacial score (nSPS) is 10.7. The van der Waals surface area contributed by atoms with Crippen LogP contribution in [-0.2, 0) is 9.47 Å². The molecule has 0 saturated carbocycles. The molecule has 0 aliphatic heterocycles. The summed E-state index contributed by atoms with van der Waals surface area (Å²) in [6.45, 7) is 6.13. The van der Waals surface area contributed by atoms with E-state index in [2.05, 4.69) is 25.3 Å². The number of carbonyl (C=O) groups is 2. The van der Waals surface area contributed by atoms with E-state index in [1.807, 2.05) is 0 Å². The van der Waals surface area contributed by atoms with Gasteiger partial charge in [-0.2, -0.15) is 0 Å². The third-order valence-electron chi connectivity index (χ3n) is 2.13. The summed E-state index contributed by atoms with van der Waals surface area (Å²) >= 11 is 0. The van der Waals surface area contributed by atoms with Gasteiger partial charge in [0.2, 0.25) is 0 Å². The van der Waals surface area contributed by atoms with Gasteiger partial charge >= 0.3 is 12.1 Å². The molecule has 0 aromatic carbocycles. The Hall–Kier alpha value is -2.38. The van der Waals surface area contributed by atoms with E-state index in [1.54, 1.807) is 20.8 Å². The lowest BCUT2D eigenvalue weighted by molar-refractivity contribution is 0.0528. The highest BCUT2D eigenvalue weighted by atomic mass is 16.6. The number of amides is 1. The highest BCUT2D eigenvalue weighted by molar-refractivity contribution is 5.87. The number of hydrogen-bond acceptors (Lipinski definition) is 7. The highest BCUT2D eigenvalue weighted by Gasteiger charge is 2.15. The molecule has 1 amide bonds. The zero-order valence-electron chi connectivity index (χ0n) is 12.6. The lowest BCUT2D eigenvalue weighted by Crippen LogP contribution is -2.35. The SMILES string of the molecule is COC(=O)c1cncc(NCCNC(=O)OC(C)(C)C)n1. The Morgan fingerprint density at radius 3 is 2.57 bits per heavy atom. The van der Waals surface area contributed by atoms with Crippen molar-refractivity contribution in [1.29, 1.82) is 0 Å². The molecule has 2 N–H and O–H groups in total. The molecule has 0 spiro atoms. The van der Waals surface area contributed by atoms with Crippen molar-refractivity contribution in [2.45, 2.75) is 26.4 Å². The van der Waals surface area contributed by atoms with Crippen molar-refractivity contribution in [2.24, 2.45) is 0 Å². The Kier molecular flexibility index (Phi) is 5.89. The molecule has 0 unspecified atom stereocenters. The number of hydrogen-bond donors (Lipinski definition) is 2. The van der Waals surface area contributed by atoms with Gasteiger partial charge in [-0.15, -0.1) is 0 Å². The van der Waals surface area contributed by atoms with E-state index in [0.717, 1.165) is 0 Å². The first kappa shape index (κ1) is 16.7. The fourth-order valence-corrected chi connectivity index (χ4v) is 1.32. The van der Waals surface area contributed by atoms with Crippen molar-refractivity contribution in [3.63, 3.8) is 0 Å². The largest absolute Gasteiger partial charge is 0.464 e. The van der Waals surface area contributed by atoms with E-state index in [4.69, 9.17) is 4.74 Å². The maximum atomic E-state index is 11.4. The van der Waals surface area contributed by atoms with E-state index in [1.165, 1.54) is 19.5 Å². The number of esters is 1. The van der Waals surface area contributed by atoms with Gasteiger partial charge in [-0.25, -0.2) is 14.6 Å². The van der Waals surface area contributed by atoms with Crippen molar-refractivity contribution < 1.29 is 19.1 Å². The van der Waals surface area contributed by atoms with Crippen molar-refractivity contribution in [3.8, 4) is 0 Å². The van der Waals surface area contributed by atoms with Crippen LogP contribution in [0.1, 0.15) is 31.3 Å². The van der Waals surface area contributed by atoms with E-state index >= 15 is 0 Å². The molecule has 8 nitrogen and oxygen atoms in total.